The standard InChI is InChI=1S/C13H15N3O/c1-2-7-14-8-9-16-13(17)12-6-4-3-5-11(12)10-15-16/h2-6,10,14H,1,7-9H2. The van der Waals surface area contributed by atoms with Gasteiger partial charge in [-0.2, -0.15) is 5.10 Å². The molecule has 1 N–H and O–H groups in total. The Morgan fingerprint density at radius 1 is 1.41 bits per heavy atom. The number of aromatic nitrogens is 2. The number of rotatable bonds is 5. The van der Waals surface area contributed by atoms with Crippen molar-refractivity contribution in [3.8, 4) is 0 Å². The average Bonchev–Trinajstić information content (AvgIpc) is 2.37. The van der Waals surface area contributed by atoms with E-state index in [9.17, 15) is 4.79 Å². The van der Waals surface area contributed by atoms with Crippen molar-refractivity contribution in [1.29, 1.82) is 0 Å². The van der Waals surface area contributed by atoms with Crippen molar-refractivity contribution in [2.45, 2.75) is 6.54 Å². The summed E-state index contributed by atoms with van der Waals surface area (Å²) in [6.45, 7) is 5.63. The van der Waals surface area contributed by atoms with Gasteiger partial charge in [0.2, 0.25) is 0 Å². The Morgan fingerprint density at radius 3 is 3.06 bits per heavy atom. The van der Waals surface area contributed by atoms with E-state index in [1.807, 2.05) is 24.3 Å². The third-order valence-electron chi connectivity index (χ3n) is 2.55. The zero-order valence-electron chi connectivity index (χ0n) is 9.60. The van der Waals surface area contributed by atoms with Crippen LogP contribution in [-0.2, 0) is 6.54 Å². The molecule has 0 amide bonds. The minimum Gasteiger partial charge on any atom is -0.311 e. The van der Waals surface area contributed by atoms with Crippen molar-refractivity contribution in [2.75, 3.05) is 13.1 Å². The summed E-state index contributed by atoms with van der Waals surface area (Å²) in [6, 6.07) is 7.49. The van der Waals surface area contributed by atoms with E-state index in [-0.39, 0.29) is 5.56 Å². The maximum atomic E-state index is 12.0. The van der Waals surface area contributed by atoms with Gasteiger partial charge in [-0.1, -0.05) is 24.3 Å². The number of benzene rings is 1. The lowest BCUT2D eigenvalue weighted by Crippen LogP contribution is -2.28. The molecular formula is C13H15N3O. The molecule has 0 unspecified atom stereocenters. The van der Waals surface area contributed by atoms with E-state index in [0.717, 1.165) is 11.9 Å². The Balaban J connectivity index is 2.21. The van der Waals surface area contributed by atoms with Crippen LogP contribution in [0.1, 0.15) is 0 Å². The maximum Gasteiger partial charge on any atom is 0.274 e. The lowest BCUT2D eigenvalue weighted by Gasteiger charge is -2.05. The van der Waals surface area contributed by atoms with Crippen LogP contribution < -0.4 is 10.9 Å². The Morgan fingerprint density at radius 2 is 2.24 bits per heavy atom. The molecule has 0 fully saturated rings. The molecule has 4 heteroatoms. The Hall–Kier alpha value is -1.94. The van der Waals surface area contributed by atoms with Crippen molar-refractivity contribution in [3.63, 3.8) is 0 Å². The summed E-state index contributed by atoms with van der Waals surface area (Å²) < 4.78 is 1.48. The first-order valence-corrected chi connectivity index (χ1v) is 5.59. The fourth-order valence-electron chi connectivity index (χ4n) is 1.68. The highest BCUT2D eigenvalue weighted by atomic mass is 16.1. The van der Waals surface area contributed by atoms with Gasteiger partial charge in [0.1, 0.15) is 0 Å². The number of hydrogen-bond acceptors (Lipinski definition) is 3. The predicted molar refractivity (Wildman–Crippen MR) is 69.1 cm³/mol. The molecule has 0 saturated carbocycles. The summed E-state index contributed by atoms with van der Waals surface area (Å²) in [5, 5.41) is 8.88. The molecule has 4 nitrogen and oxygen atoms in total. The minimum atomic E-state index is -0.0384. The van der Waals surface area contributed by atoms with Gasteiger partial charge in [0.05, 0.1) is 18.1 Å². The number of fused-ring (bicyclic) bond motifs is 1. The van der Waals surface area contributed by atoms with E-state index in [2.05, 4.69) is 17.0 Å². The smallest absolute Gasteiger partial charge is 0.274 e. The highest BCUT2D eigenvalue weighted by Gasteiger charge is 2.02. The van der Waals surface area contributed by atoms with Crippen molar-refractivity contribution < 1.29 is 0 Å². The first-order chi connectivity index (χ1) is 8.33. The average molecular weight is 229 g/mol. The van der Waals surface area contributed by atoms with E-state index in [4.69, 9.17) is 0 Å². The highest BCUT2D eigenvalue weighted by molar-refractivity contribution is 5.80. The second-order valence-corrected chi connectivity index (χ2v) is 3.75. The lowest BCUT2D eigenvalue weighted by molar-refractivity contribution is 0.550. The molecule has 0 aliphatic rings. The molecule has 2 rings (SSSR count). The van der Waals surface area contributed by atoms with Crippen molar-refractivity contribution in [2.24, 2.45) is 0 Å². The third kappa shape index (κ3) is 2.60. The summed E-state index contributed by atoms with van der Waals surface area (Å²) in [4.78, 5) is 12.0. The summed E-state index contributed by atoms with van der Waals surface area (Å²) in [5.74, 6) is 0. The van der Waals surface area contributed by atoms with Crippen LogP contribution in [0, 0.1) is 0 Å². The van der Waals surface area contributed by atoms with E-state index in [1.165, 1.54) is 4.68 Å². The van der Waals surface area contributed by atoms with Crippen LogP contribution in [0.4, 0.5) is 0 Å². The van der Waals surface area contributed by atoms with Gasteiger partial charge < -0.3 is 5.32 Å². The van der Waals surface area contributed by atoms with Crippen LogP contribution in [0.3, 0.4) is 0 Å². The molecule has 0 aliphatic carbocycles. The molecule has 1 aromatic heterocycles. The lowest BCUT2D eigenvalue weighted by atomic mass is 10.2. The second kappa shape index (κ2) is 5.41. The van der Waals surface area contributed by atoms with E-state index in [0.29, 0.717) is 18.5 Å². The summed E-state index contributed by atoms with van der Waals surface area (Å²) >= 11 is 0. The van der Waals surface area contributed by atoms with Crippen LogP contribution >= 0.6 is 0 Å². The minimum absolute atomic E-state index is 0.0384. The molecule has 1 aromatic carbocycles. The van der Waals surface area contributed by atoms with Gasteiger partial charge in [0.15, 0.2) is 0 Å². The van der Waals surface area contributed by atoms with Gasteiger partial charge in [-0.25, -0.2) is 4.68 Å². The van der Waals surface area contributed by atoms with Crippen molar-refractivity contribution in [1.82, 2.24) is 15.1 Å². The second-order valence-electron chi connectivity index (χ2n) is 3.75. The van der Waals surface area contributed by atoms with E-state index in [1.54, 1.807) is 12.3 Å². The van der Waals surface area contributed by atoms with Crippen LogP contribution in [0.2, 0.25) is 0 Å². The van der Waals surface area contributed by atoms with Gasteiger partial charge >= 0.3 is 0 Å². The predicted octanol–water partition coefficient (Wildman–Crippen LogP) is 1.17. The molecule has 0 atom stereocenters. The SMILES string of the molecule is C=CCNCCn1ncc2ccccc2c1=O. The van der Waals surface area contributed by atoms with Gasteiger partial charge in [-0.3, -0.25) is 4.79 Å². The number of nitrogens with one attached hydrogen (secondary N) is 1. The molecule has 88 valence electrons. The fourth-order valence-corrected chi connectivity index (χ4v) is 1.68. The van der Waals surface area contributed by atoms with E-state index >= 15 is 0 Å². The largest absolute Gasteiger partial charge is 0.311 e. The molecule has 2 aromatic rings. The quantitative estimate of drug-likeness (QED) is 0.618. The fraction of sp³-hybridized carbons (Fsp3) is 0.231. The zero-order valence-corrected chi connectivity index (χ0v) is 9.60. The van der Waals surface area contributed by atoms with Crippen molar-refractivity contribution >= 4 is 10.8 Å². The third-order valence-corrected chi connectivity index (χ3v) is 2.55. The molecule has 0 saturated heterocycles. The monoisotopic (exact) mass is 229 g/mol. The van der Waals surface area contributed by atoms with Crippen LogP contribution in [0.15, 0.2) is 47.9 Å². The normalized spacial score (nSPS) is 10.6. The topological polar surface area (TPSA) is 46.9 Å². The summed E-state index contributed by atoms with van der Waals surface area (Å²) in [7, 11) is 0. The van der Waals surface area contributed by atoms with Gasteiger partial charge in [-0.05, 0) is 6.07 Å². The summed E-state index contributed by atoms with van der Waals surface area (Å²) in [6.07, 6.45) is 3.51. The van der Waals surface area contributed by atoms with Crippen LogP contribution in [-0.4, -0.2) is 22.9 Å². The Kier molecular flexibility index (Phi) is 3.67. The number of nitrogens with zero attached hydrogens (tertiary/aromatic N) is 2. The van der Waals surface area contributed by atoms with Crippen LogP contribution in [0.5, 0.6) is 0 Å². The summed E-state index contributed by atoms with van der Waals surface area (Å²) in [5.41, 5.74) is -0.0384. The molecule has 17 heavy (non-hydrogen) atoms. The van der Waals surface area contributed by atoms with Crippen molar-refractivity contribution in [3.05, 3.63) is 53.5 Å². The van der Waals surface area contributed by atoms with Gasteiger partial charge in [-0.15, -0.1) is 6.58 Å². The molecular weight excluding hydrogens is 214 g/mol. The van der Waals surface area contributed by atoms with Crippen LogP contribution in [0.25, 0.3) is 10.8 Å². The molecule has 1 heterocycles. The van der Waals surface area contributed by atoms with E-state index < -0.39 is 0 Å². The Bertz CT molecular complexity index is 574. The molecule has 0 bridgehead atoms. The molecule has 0 radical (unpaired) electrons. The van der Waals surface area contributed by atoms with Gasteiger partial charge in [0.25, 0.3) is 5.56 Å². The molecule has 0 spiro atoms. The maximum absolute atomic E-state index is 12.0. The zero-order chi connectivity index (χ0) is 12.1. The first-order valence-electron chi connectivity index (χ1n) is 5.59. The first kappa shape index (κ1) is 11.5. The molecule has 0 aliphatic heterocycles. The van der Waals surface area contributed by atoms with Gasteiger partial charge in [0, 0.05) is 18.5 Å². The number of hydrogen-bond donors (Lipinski definition) is 1. The Labute approximate surface area is 99.6 Å². The highest BCUT2D eigenvalue weighted by Crippen LogP contribution is 2.05.